The van der Waals surface area contributed by atoms with E-state index in [0.717, 1.165) is 18.5 Å². The van der Waals surface area contributed by atoms with Crippen LogP contribution in [-0.2, 0) is 12.0 Å². The fourth-order valence-electron chi connectivity index (χ4n) is 3.52. The molecule has 1 aliphatic carbocycles. The first-order valence-electron chi connectivity index (χ1n) is 8.44. The van der Waals surface area contributed by atoms with Crippen molar-refractivity contribution in [2.45, 2.75) is 64.0 Å². The summed E-state index contributed by atoms with van der Waals surface area (Å²) in [4.78, 5) is 4.38. The van der Waals surface area contributed by atoms with Crippen molar-refractivity contribution in [1.82, 2.24) is 20.5 Å². The topological polar surface area (TPSA) is 73.1 Å². The van der Waals surface area contributed by atoms with E-state index in [1.54, 1.807) is 6.20 Å². The molecule has 1 N–H and O–H groups in total. The zero-order valence-electron chi connectivity index (χ0n) is 15.1. The summed E-state index contributed by atoms with van der Waals surface area (Å²) in [6.07, 6.45) is 3.71. The van der Waals surface area contributed by atoms with Crippen molar-refractivity contribution in [2.24, 2.45) is 0 Å². The molecule has 130 valence electrons. The summed E-state index contributed by atoms with van der Waals surface area (Å²) in [5, 5.41) is 11.7. The highest BCUT2D eigenvalue weighted by molar-refractivity contribution is 5.21. The third-order valence-electron chi connectivity index (χ3n) is 4.86. The standard InChI is InChI=1S/C18H26N4O2/c1-12(2)14-7-6-13(8-20-14)23-9-15-21-22-16(24-15)17(3)10-18(4,11-17)19-5/h6-8,12,19H,9-11H2,1-5H3. The summed E-state index contributed by atoms with van der Waals surface area (Å²) in [7, 11) is 1.99. The molecule has 0 aromatic carbocycles. The summed E-state index contributed by atoms with van der Waals surface area (Å²) in [6.45, 7) is 8.86. The second-order valence-corrected chi connectivity index (χ2v) is 7.59. The number of hydrogen-bond acceptors (Lipinski definition) is 6. The Kier molecular flexibility index (Phi) is 4.34. The van der Waals surface area contributed by atoms with Gasteiger partial charge in [-0.15, -0.1) is 10.2 Å². The fourth-order valence-corrected chi connectivity index (χ4v) is 3.52. The Morgan fingerprint density at radius 2 is 2.00 bits per heavy atom. The maximum atomic E-state index is 5.82. The Balaban J connectivity index is 1.59. The fraction of sp³-hybridized carbons (Fsp3) is 0.611. The third kappa shape index (κ3) is 3.29. The molecule has 0 radical (unpaired) electrons. The van der Waals surface area contributed by atoms with Crippen molar-refractivity contribution in [1.29, 1.82) is 0 Å². The van der Waals surface area contributed by atoms with Crippen molar-refractivity contribution < 1.29 is 9.15 Å². The number of aromatic nitrogens is 3. The summed E-state index contributed by atoms with van der Waals surface area (Å²) in [5.41, 5.74) is 1.15. The minimum Gasteiger partial charge on any atom is -0.482 e. The predicted molar refractivity (Wildman–Crippen MR) is 91.0 cm³/mol. The molecular formula is C18H26N4O2. The van der Waals surface area contributed by atoms with Gasteiger partial charge in [0.05, 0.1) is 6.20 Å². The van der Waals surface area contributed by atoms with Gasteiger partial charge in [0.15, 0.2) is 6.61 Å². The summed E-state index contributed by atoms with van der Waals surface area (Å²) in [5.74, 6) is 2.31. The predicted octanol–water partition coefficient (Wildman–Crippen LogP) is 3.20. The summed E-state index contributed by atoms with van der Waals surface area (Å²) >= 11 is 0. The van der Waals surface area contributed by atoms with E-state index in [9.17, 15) is 0 Å². The van der Waals surface area contributed by atoms with Gasteiger partial charge < -0.3 is 14.5 Å². The highest BCUT2D eigenvalue weighted by atomic mass is 16.5. The molecule has 2 aromatic rings. The smallest absolute Gasteiger partial charge is 0.253 e. The minimum atomic E-state index is -0.0521. The molecule has 0 spiro atoms. The number of ether oxygens (including phenoxy) is 1. The Morgan fingerprint density at radius 3 is 2.58 bits per heavy atom. The summed E-state index contributed by atoms with van der Waals surface area (Å²) in [6, 6.07) is 3.90. The van der Waals surface area contributed by atoms with E-state index < -0.39 is 0 Å². The van der Waals surface area contributed by atoms with Gasteiger partial charge in [0.1, 0.15) is 5.75 Å². The highest BCUT2D eigenvalue weighted by Crippen LogP contribution is 2.49. The minimum absolute atomic E-state index is 0.0521. The molecule has 2 heterocycles. The highest BCUT2D eigenvalue weighted by Gasteiger charge is 2.52. The van der Waals surface area contributed by atoms with Gasteiger partial charge in [-0.3, -0.25) is 4.98 Å². The molecule has 6 nitrogen and oxygen atoms in total. The molecule has 3 rings (SSSR count). The Hall–Kier alpha value is -1.95. The van der Waals surface area contributed by atoms with E-state index in [2.05, 4.69) is 48.2 Å². The first kappa shape index (κ1) is 16.9. The molecule has 1 saturated carbocycles. The Labute approximate surface area is 143 Å². The van der Waals surface area contributed by atoms with E-state index in [0.29, 0.717) is 23.4 Å². The Morgan fingerprint density at radius 1 is 1.25 bits per heavy atom. The van der Waals surface area contributed by atoms with Gasteiger partial charge >= 0.3 is 0 Å². The molecule has 24 heavy (non-hydrogen) atoms. The van der Waals surface area contributed by atoms with Crippen LogP contribution in [0.1, 0.15) is 63.9 Å². The molecule has 0 unspecified atom stereocenters. The van der Waals surface area contributed by atoms with E-state index in [-0.39, 0.29) is 17.6 Å². The van der Waals surface area contributed by atoms with Crippen LogP contribution >= 0.6 is 0 Å². The maximum absolute atomic E-state index is 5.82. The van der Waals surface area contributed by atoms with Gasteiger partial charge in [-0.1, -0.05) is 20.8 Å². The first-order chi connectivity index (χ1) is 11.3. The third-order valence-corrected chi connectivity index (χ3v) is 4.86. The molecule has 1 aliphatic rings. The molecule has 0 amide bonds. The molecule has 1 fully saturated rings. The van der Waals surface area contributed by atoms with Gasteiger partial charge in [0.2, 0.25) is 5.89 Å². The molecule has 0 saturated heterocycles. The van der Waals surface area contributed by atoms with Gasteiger partial charge in [0, 0.05) is 16.6 Å². The summed E-state index contributed by atoms with van der Waals surface area (Å²) < 4.78 is 11.5. The van der Waals surface area contributed by atoms with Crippen LogP contribution in [0.3, 0.4) is 0 Å². The lowest BCUT2D eigenvalue weighted by Gasteiger charge is -2.50. The lowest BCUT2D eigenvalue weighted by atomic mass is 9.59. The van der Waals surface area contributed by atoms with Crippen molar-refractivity contribution in [3.8, 4) is 5.75 Å². The average Bonchev–Trinajstić information content (AvgIpc) is 3.01. The molecular weight excluding hydrogens is 304 g/mol. The van der Waals surface area contributed by atoms with Crippen molar-refractivity contribution in [3.05, 3.63) is 35.8 Å². The molecule has 0 aliphatic heterocycles. The van der Waals surface area contributed by atoms with Crippen LogP contribution in [0.4, 0.5) is 0 Å². The van der Waals surface area contributed by atoms with Gasteiger partial charge in [-0.05, 0) is 44.9 Å². The average molecular weight is 330 g/mol. The number of hydrogen-bond donors (Lipinski definition) is 1. The van der Waals surface area contributed by atoms with Crippen molar-refractivity contribution in [2.75, 3.05) is 7.05 Å². The van der Waals surface area contributed by atoms with Crippen LogP contribution in [0.25, 0.3) is 0 Å². The largest absolute Gasteiger partial charge is 0.482 e. The van der Waals surface area contributed by atoms with Crippen LogP contribution in [0.15, 0.2) is 22.7 Å². The van der Waals surface area contributed by atoms with Crippen LogP contribution in [0, 0.1) is 0 Å². The number of rotatable bonds is 6. The van der Waals surface area contributed by atoms with Crippen LogP contribution in [0.5, 0.6) is 5.75 Å². The van der Waals surface area contributed by atoms with E-state index in [1.807, 2.05) is 19.2 Å². The number of pyridine rings is 1. The number of nitrogens with zero attached hydrogens (tertiary/aromatic N) is 3. The second kappa shape index (κ2) is 6.16. The van der Waals surface area contributed by atoms with Gasteiger partial charge in [0.25, 0.3) is 5.89 Å². The van der Waals surface area contributed by atoms with Gasteiger partial charge in [-0.2, -0.15) is 0 Å². The van der Waals surface area contributed by atoms with Crippen LogP contribution in [0.2, 0.25) is 0 Å². The quantitative estimate of drug-likeness (QED) is 0.877. The monoisotopic (exact) mass is 330 g/mol. The number of nitrogens with one attached hydrogen (secondary N) is 1. The van der Waals surface area contributed by atoms with Crippen molar-refractivity contribution in [3.63, 3.8) is 0 Å². The lowest BCUT2D eigenvalue weighted by molar-refractivity contribution is 0.0786. The normalized spacial score (nSPS) is 26.4. The van der Waals surface area contributed by atoms with Crippen LogP contribution < -0.4 is 10.1 Å². The van der Waals surface area contributed by atoms with E-state index >= 15 is 0 Å². The maximum Gasteiger partial charge on any atom is 0.253 e. The zero-order chi connectivity index (χ0) is 17.4. The molecule has 6 heteroatoms. The van der Waals surface area contributed by atoms with Gasteiger partial charge in [-0.25, -0.2) is 0 Å². The SMILES string of the molecule is CNC1(C)CC(C)(c2nnc(COc3ccc(C(C)C)nc3)o2)C1. The van der Waals surface area contributed by atoms with Crippen molar-refractivity contribution >= 4 is 0 Å². The zero-order valence-corrected chi connectivity index (χ0v) is 15.1. The van der Waals surface area contributed by atoms with Crippen LogP contribution in [-0.4, -0.2) is 27.8 Å². The first-order valence-corrected chi connectivity index (χ1v) is 8.44. The molecule has 0 bridgehead atoms. The van der Waals surface area contributed by atoms with E-state index in [1.165, 1.54) is 0 Å². The molecule has 2 aromatic heterocycles. The van der Waals surface area contributed by atoms with E-state index in [4.69, 9.17) is 9.15 Å². The molecule has 0 atom stereocenters. The second-order valence-electron chi connectivity index (χ2n) is 7.59. The Bertz CT molecular complexity index is 687. The lowest BCUT2D eigenvalue weighted by Crippen LogP contribution is -2.58.